The topological polar surface area (TPSA) is 50.8 Å². The molecule has 132 valence electrons. The number of nitrogens with one attached hydrogen (secondary N) is 1. The van der Waals surface area contributed by atoms with Crippen LogP contribution in [0, 0.1) is 5.82 Å². The molecule has 3 rings (SSSR count). The Kier molecular flexibility index (Phi) is 5.19. The molecule has 0 spiro atoms. The molecule has 5 nitrogen and oxygen atoms in total. The van der Waals surface area contributed by atoms with Crippen LogP contribution in [0.5, 0.6) is 11.5 Å². The number of amides is 1. The number of carbonyl (C=O) groups is 1. The van der Waals surface area contributed by atoms with Gasteiger partial charge in [0, 0.05) is 6.54 Å². The van der Waals surface area contributed by atoms with Crippen molar-refractivity contribution in [3.8, 4) is 11.5 Å². The maximum atomic E-state index is 12.9. The summed E-state index contributed by atoms with van der Waals surface area (Å²) in [5.74, 6) is 1.06. The van der Waals surface area contributed by atoms with E-state index in [9.17, 15) is 9.18 Å². The van der Waals surface area contributed by atoms with Crippen molar-refractivity contribution in [2.75, 3.05) is 27.4 Å². The molecule has 2 aromatic rings. The molecule has 0 aliphatic carbocycles. The number of benzene rings is 2. The first kappa shape index (κ1) is 17.2. The molecule has 1 N–H and O–H groups in total. The molecule has 0 aromatic heterocycles. The molecule has 1 heterocycles. The van der Waals surface area contributed by atoms with E-state index in [2.05, 4.69) is 5.32 Å². The number of hydrogen-bond donors (Lipinski definition) is 1. The number of nitrogens with zero attached hydrogens (tertiary/aromatic N) is 1. The van der Waals surface area contributed by atoms with Crippen LogP contribution in [0.2, 0.25) is 0 Å². The number of fused-ring (bicyclic) bond motifs is 1. The monoisotopic (exact) mass is 344 g/mol. The highest BCUT2D eigenvalue weighted by atomic mass is 19.1. The van der Waals surface area contributed by atoms with Crippen molar-refractivity contribution in [1.29, 1.82) is 0 Å². The highest BCUT2D eigenvalue weighted by Crippen LogP contribution is 2.34. The zero-order chi connectivity index (χ0) is 17.8. The van der Waals surface area contributed by atoms with Crippen molar-refractivity contribution in [1.82, 2.24) is 10.2 Å². The van der Waals surface area contributed by atoms with Crippen LogP contribution < -0.4 is 14.8 Å². The van der Waals surface area contributed by atoms with E-state index in [1.165, 1.54) is 12.1 Å². The maximum absolute atomic E-state index is 12.9. The van der Waals surface area contributed by atoms with Crippen LogP contribution in [-0.2, 0) is 11.2 Å². The van der Waals surface area contributed by atoms with E-state index in [-0.39, 0.29) is 31.0 Å². The molecule has 0 bridgehead atoms. The lowest BCUT2D eigenvalue weighted by Crippen LogP contribution is -2.35. The summed E-state index contributed by atoms with van der Waals surface area (Å²) < 4.78 is 23.7. The van der Waals surface area contributed by atoms with Crippen LogP contribution in [-0.4, -0.2) is 38.2 Å². The number of hydrogen-bond acceptors (Lipinski definition) is 4. The third-order valence-corrected chi connectivity index (χ3v) is 4.18. The smallest absolute Gasteiger partial charge is 0.231 e. The lowest BCUT2D eigenvalue weighted by Gasteiger charge is -2.25. The third kappa shape index (κ3) is 4.28. The standard InChI is InChI=1S/C19H21FN2O3/c1-22(2)16(14-5-8-17-18(10-14)25-12-24-17)11-21-19(23)9-13-3-6-15(20)7-4-13/h3-8,10,16H,9,11-12H2,1-2H3,(H,21,23)/t16-/m1/s1. The van der Waals surface area contributed by atoms with Crippen LogP contribution in [0.3, 0.4) is 0 Å². The van der Waals surface area contributed by atoms with Crippen molar-refractivity contribution < 1.29 is 18.7 Å². The minimum absolute atomic E-state index is 0.00617. The summed E-state index contributed by atoms with van der Waals surface area (Å²) >= 11 is 0. The van der Waals surface area contributed by atoms with E-state index < -0.39 is 0 Å². The number of carbonyl (C=O) groups excluding carboxylic acids is 1. The predicted molar refractivity (Wildman–Crippen MR) is 92.1 cm³/mol. The zero-order valence-corrected chi connectivity index (χ0v) is 14.3. The first-order valence-electron chi connectivity index (χ1n) is 8.10. The van der Waals surface area contributed by atoms with E-state index in [0.29, 0.717) is 6.54 Å². The molecule has 0 radical (unpaired) electrons. The van der Waals surface area contributed by atoms with Gasteiger partial charge in [0.05, 0.1) is 12.5 Å². The van der Waals surface area contributed by atoms with Crippen LogP contribution in [0.25, 0.3) is 0 Å². The first-order chi connectivity index (χ1) is 12.0. The third-order valence-electron chi connectivity index (χ3n) is 4.18. The van der Waals surface area contributed by atoms with Gasteiger partial charge < -0.3 is 19.7 Å². The SMILES string of the molecule is CN(C)[C@H](CNC(=O)Cc1ccc(F)cc1)c1ccc2c(c1)OCO2. The zero-order valence-electron chi connectivity index (χ0n) is 14.3. The normalized spacial score (nSPS) is 13.8. The second-order valence-corrected chi connectivity index (χ2v) is 6.20. The highest BCUT2D eigenvalue weighted by molar-refractivity contribution is 5.78. The van der Waals surface area contributed by atoms with Gasteiger partial charge in [-0.3, -0.25) is 4.79 Å². The molecular formula is C19H21FN2O3. The quantitative estimate of drug-likeness (QED) is 0.875. The number of halogens is 1. The van der Waals surface area contributed by atoms with Crippen molar-refractivity contribution >= 4 is 5.91 Å². The van der Waals surface area contributed by atoms with Gasteiger partial charge in [0.1, 0.15) is 5.82 Å². The van der Waals surface area contributed by atoms with Gasteiger partial charge in [0.25, 0.3) is 0 Å². The van der Waals surface area contributed by atoms with Gasteiger partial charge in [-0.15, -0.1) is 0 Å². The lowest BCUT2D eigenvalue weighted by atomic mass is 10.0. The van der Waals surface area contributed by atoms with E-state index in [1.807, 2.05) is 37.2 Å². The second kappa shape index (κ2) is 7.53. The van der Waals surface area contributed by atoms with Gasteiger partial charge in [-0.05, 0) is 49.5 Å². The Morgan fingerprint density at radius 2 is 1.88 bits per heavy atom. The Hall–Kier alpha value is -2.60. The number of ether oxygens (including phenoxy) is 2. The lowest BCUT2D eigenvalue weighted by molar-refractivity contribution is -0.120. The average Bonchev–Trinajstić information content (AvgIpc) is 3.04. The predicted octanol–water partition coefficient (Wildman–Crippen LogP) is 2.52. The molecule has 25 heavy (non-hydrogen) atoms. The molecule has 6 heteroatoms. The molecular weight excluding hydrogens is 323 g/mol. The highest BCUT2D eigenvalue weighted by Gasteiger charge is 2.20. The minimum atomic E-state index is -0.306. The van der Waals surface area contributed by atoms with Gasteiger partial charge in [-0.2, -0.15) is 0 Å². The molecule has 2 aromatic carbocycles. The van der Waals surface area contributed by atoms with Crippen molar-refractivity contribution in [2.24, 2.45) is 0 Å². The largest absolute Gasteiger partial charge is 0.454 e. The average molecular weight is 344 g/mol. The summed E-state index contributed by atoms with van der Waals surface area (Å²) in [7, 11) is 3.92. The number of rotatable bonds is 6. The second-order valence-electron chi connectivity index (χ2n) is 6.20. The molecule has 0 saturated carbocycles. The van der Waals surface area contributed by atoms with Gasteiger partial charge in [0.2, 0.25) is 12.7 Å². The summed E-state index contributed by atoms with van der Waals surface area (Å²) in [4.78, 5) is 14.2. The maximum Gasteiger partial charge on any atom is 0.231 e. The molecule has 0 unspecified atom stereocenters. The van der Waals surface area contributed by atoms with Gasteiger partial charge >= 0.3 is 0 Å². The minimum Gasteiger partial charge on any atom is -0.454 e. The fourth-order valence-electron chi connectivity index (χ4n) is 2.78. The van der Waals surface area contributed by atoms with Gasteiger partial charge in [0.15, 0.2) is 11.5 Å². The molecule has 1 amide bonds. The molecule has 1 aliphatic heterocycles. The first-order valence-corrected chi connectivity index (χ1v) is 8.10. The number of likely N-dealkylation sites (N-methyl/N-ethyl adjacent to an activating group) is 1. The Morgan fingerprint density at radius 3 is 2.60 bits per heavy atom. The summed E-state index contributed by atoms with van der Waals surface area (Å²) in [6, 6.07) is 11.8. The van der Waals surface area contributed by atoms with Crippen LogP contribution in [0.4, 0.5) is 4.39 Å². The van der Waals surface area contributed by atoms with Crippen LogP contribution in [0.1, 0.15) is 17.2 Å². The van der Waals surface area contributed by atoms with Gasteiger partial charge in [-0.1, -0.05) is 18.2 Å². The molecule has 0 saturated heterocycles. The Labute approximate surface area is 146 Å². The Morgan fingerprint density at radius 1 is 1.16 bits per heavy atom. The van der Waals surface area contributed by atoms with E-state index in [4.69, 9.17) is 9.47 Å². The van der Waals surface area contributed by atoms with Crippen molar-refractivity contribution in [3.63, 3.8) is 0 Å². The van der Waals surface area contributed by atoms with E-state index in [1.54, 1.807) is 12.1 Å². The van der Waals surface area contributed by atoms with Crippen LogP contribution in [0.15, 0.2) is 42.5 Å². The van der Waals surface area contributed by atoms with E-state index >= 15 is 0 Å². The fourth-order valence-corrected chi connectivity index (χ4v) is 2.78. The van der Waals surface area contributed by atoms with E-state index in [0.717, 1.165) is 22.6 Å². The van der Waals surface area contributed by atoms with Gasteiger partial charge in [-0.25, -0.2) is 4.39 Å². The molecule has 1 aliphatic rings. The van der Waals surface area contributed by atoms with Crippen molar-refractivity contribution in [3.05, 3.63) is 59.4 Å². The summed E-state index contributed by atoms with van der Waals surface area (Å²) in [6.07, 6.45) is 0.224. The van der Waals surface area contributed by atoms with Crippen LogP contribution >= 0.6 is 0 Å². The summed E-state index contributed by atoms with van der Waals surface area (Å²) in [5, 5.41) is 2.95. The fraction of sp³-hybridized carbons (Fsp3) is 0.316. The Bertz CT molecular complexity index is 747. The summed E-state index contributed by atoms with van der Waals surface area (Å²) in [6.45, 7) is 0.701. The summed E-state index contributed by atoms with van der Waals surface area (Å²) in [5.41, 5.74) is 1.82. The molecule has 0 fully saturated rings. The molecule has 1 atom stereocenters. The van der Waals surface area contributed by atoms with Crippen molar-refractivity contribution in [2.45, 2.75) is 12.5 Å². The Balaban J connectivity index is 1.62.